The van der Waals surface area contributed by atoms with Gasteiger partial charge in [0.2, 0.25) is 0 Å². The Morgan fingerprint density at radius 3 is 2.51 bits per heavy atom. The molecule has 5 aromatic rings. The highest BCUT2D eigenvalue weighted by molar-refractivity contribution is 7.07. The van der Waals surface area contributed by atoms with E-state index in [9.17, 15) is 25.0 Å². The van der Waals surface area contributed by atoms with E-state index in [0.29, 0.717) is 33.5 Å². The van der Waals surface area contributed by atoms with Crippen LogP contribution in [-0.4, -0.2) is 15.4 Å². The fourth-order valence-corrected chi connectivity index (χ4v) is 5.46. The summed E-state index contributed by atoms with van der Waals surface area (Å²) in [4.78, 5) is 37.3. The Balaban J connectivity index is 1.63. The van der Waals surface area contributed by atoms with E-state index in [0.717, 1.165) is 11.3 Å². The molecule has 0 aliphatic heterocycles. The second-order valence-corrected chi connectivity index (χ2v) is 10.3. The van der Waals surface area contributed by atoms with Gasteiger partial charge in [-0.1, -0.05) is 47.5 Å². The fourth-order valence-electron chi connectivity index (χ4n) is 3.94. The van der Waals surface area contributed by atoms with Crippen LogP contribution >= 0.6 is 34.5 Å². The van der Waals surface area contributed by atoms with Crippen LogP contribution in [0.3, 0.4) is 0 Å². The molecule has 0 unspecified atom stereocenters. The molecule has 0 bridgehead atoms. The summed E-state index contributed by atoms with van der Waals surface area (Å²) < 4.78 is 7.50. The number of nitrogens with zero attached hydrogens (tertiary/aromatic N) is 3. The molecule has 12 heteroatoms. The predicted molar refractivity (Wildman–Crippen MR) is 158 cm³/mol. The van der Waals surface area contributed by atoms with E-state index in [1.165, 1.54) is 28.8 Å². The highest BCUT2D eigenvalue weighted by atomic mass is 35.5. The molecule has 202 valence electrons. The number of aromatic nitrogens is 1. The van der Waals surface area contributed by atoms with Crippen molar-refractivity contribution < 1.29 is 14.1 Å². The van der Waals surface area contributed by atoms with Gasteiger partial charge < -0.3 is 9.73 Å². The number of furan rings is 1. The van der Waals surface area contributed by atoms with Gasteiger partial charge in [0.1, 0.15) is 27.3 Å². The standard InChI is InChI=1S/C29H16Cl2N4O5S/c30-18-5-4-6-19(14-18)33-27(36)22(16-32)29-34(20-7-2-1-3-8-20)28(37)26(41-29)15-21-10-12-25(40-21)17-9-11-24(35(38)39)23(31)13-17/h1-15H,(H,33,36). The van der Waals surface area contributed by atoms with Crippen LogP contribution < -0.4 is 20.1 Å². The second-order valence-electron chi connectivity index (χ2n) is 8.47. The molecule has 0 fully saturated rings. The number of nitrogens with one attached hydrogen (secondary N) is 1. The normalized spacial score (nSPS) is 12.1. The minimum atomic E-state index is -0.706. The largest absolute Gasteiger partial charge is 0.457 e. The SMILES string of the molecule is N#CC(C(=O)Nc1cccc(Cl)c1)=c1sc(=Cc2ccc(-c3ccc([N+](=O)[O-])c(Cl)c3)o2)c(=O)n1-c1ccccc1. The lowest BCUT2D eigenvalue weighted by molar-refractivity contribution is -0.384. The number of hydrogen-bond donors (Lipinski definition) is 1. The number of nitro benzene ring substituents is 1. The predicted octanol–water partition coefficient (Wildman–Crippen LogP) is 5.52. The van der Waals surface area contributed by atoms with E-state index in [2.05, 4.69) is 5.32 Å². The number of para-hydroxylation sites is 1. The third kappa shape index (κ3) is 5.83. The number of hydrogen-bond acceptors (Lipinski definition) is 7. The van der Waals surface area contributed by atoms with Crippen LogP contribution in [0.2, 0.25) is 10.0 Å². The van der Waals surface area contributed by atoms with Gasteiger partial charge in [-0.2, -0.15) is 5.26 Å². The Morgan fingerprint density at radius 2 is 1.83 bits per heavy atom. The van der Waals surface area contributed by atoms with Gasteiger partial charge in [-0.25, -0.2) is 0 Å². The molecule has 3 aromatic carbocycles. The Hall–Kier alpha value is -4.95. The van der Waals surface area contributed by atoms with Gasteiger partial charge in [-0.15, -0.1) is 11.3 Å². The monoisotopic (exact) mass is 602 g/mol. The summed E-state index contributed by atoms with van der Waals surface area (Å²) in [5.41, 5.74) is 0.401. The zero-order valence-electron chi connectivity index (χ0n) is 20.7. The van der Waals surface area contributed by atoms with Crippen molar-refractivity contribution in [3.05, 3.63) is 130 Å². The summed E-state index contributed by atoms with van der Waals surface area (Å²) in [6, 6.07) is 24.5. The highest BCUT2D eigenvalue weighted by Gasteiger charge is 2.18. The molecular weight excluding hydrogens is 587 g/mol. The van der Waals surface area contributed by atoms with E-state index in [-0.39, 0.29) is 25.5 Å². The minimum Gasteiger partial charge on any atom is -0.457 e. The van der Waals surface area contributed by atoms with Crippen molar-refractivity contribution in [3.63, 3.8) is 0 Å². The van der Waals surface area contributed by atoms with Gasteiger partial charge in [0.15, 0.2) is 5.57 Å². The average molecular weight is 603 g/mol. The molecule has 1 amide bonds. The fraction of sp³-hybridized carbons (Fsp3) is 0. The Morgan fingerprint density at radius 1 is 1.05 bits per heavy atom. The maximum Gasteiger partial charge on any atom is 0.287 e. The lowest BCUT2D eigenvalue weighted by Crippen LogP contribution is -2.32. The van der Waals surface area contributed by atoms with Crippen molar-refractivity contribution in [1.82, 2.24) is 4.57 Å². The van der Waals surface area contributed by atoms with Crippen LogP contribution in [0.15, 0.2) is 94.1 Å². The van der Waals surface area contributed by atoms with Crippen molar-refractivity contribution >= 4 is 63.5 Å². The van der Waals surface area contributed by atoms with Crippen LogP contribution in [0, 0.1) is 21.4 Å². The van der Waals surface area contributed by atoms with E-state index >= 15 is 0 Å². The van der Waals surface area contributed by atoms with Crippen molar-refractivity contribution in [2.45, 2.75) is 0 Å². The van der Waals surface area contributed by atoms with Gasteiger partial charge in [0, 0.05) is 28.4 Å². The van der Waals surface area contributed by atoms with Crippen LogP contribution in [-0.2, 0) is 4.79 Å². The maximum absolute atomic E-state index is 13.6. The Kier molecular flexibility index (Phi) is 7.85. The number of nitro groups is 1. The number of halogens is 2. The highest BCUT2D eigenvalue weighted by Crippen LogP contribution is 2.31. The average Bonchev–Trinajstić information content (AvgIpc) is 3.54. The number of thiazole rings is 1. The number of nitriles is 1. The summed E-state index contributed by atoms with van der Waals surface area (Å²) in [6.45, 7) is 0. The molecule has 41 heavy (non-hydrogen) atoms. The van der Waals surface area contributed by atoms with Gasteiger partial charge in [-0.3, -0.25) is 24.3 Å². The number of benzene rings is 3. The van der Waals surface area contributed by atoms with E-state index in [1.807, 2.05) is 6.07 Å². The van der Waals surface area contributed by atoms with Crippen molar-refractivity contribution in [2.24, 2.45) is 0 Å². The Labute approximate surface area is 245 Å². The first kappa shape index (κ1) is 27.6. The first-order chi connectivity index (χ1) is 19.7. The molecule has 2 aromatic heterocycles. The van der Waals surface area contributed by atoms with Crippen LogP contribution in [0.1, 0.15) is 5.76 Å². The molecule has 0 aliphatic rings. The third-order valence-corrected chi connectivity index (χ3v) is 7.43. The number of carbonyl (C=O) groups is 1. The molecule has 5 rings (SSSR count). The number of anilines is 1. The Bertz CT molecular complexity index is 2040. The van der Waals surface area contributed by atoms with Gasteiger partial charge in [0.25, 0.3) is 17.2 Å². The number of carbonyl (C=O) groups excluding carboxylic acids is 1. The summed E-state index contributed by atoms with van der Waals surface area (Å²) in [6.07, 6.45) is 1.50. The maximum atomic E-state index is 13.6. The molecule has 0 saturated heterocycles. The smallest absolute Gasteiger partial charge is 0.287 e. The van der Waals surface area contributed by atoms with Crippen molar-refractivity contribution in [3.8, 4) is 23.1 Å². The lowest BCUT2D eigenvalue weighted by atomic mass is 10.1. The van der Waals surface area contributed by atoms with Crippen LogP contribution in [0.25, 0.3) is 28.7 Å². The molecule has 0 spiro atoms. The summed E-state index contributed by atoms with van der Waals surface area (Å²) in [7, 11) is 0. The van der Waals surface area contributed by atoms with Gasteiger partial charge >= 0.3 is 0 Å². The zero-order valence-corrected chi connectivity index (χ0v) is 23.0. The molecule has 9 nitrogen and oxygen atoms in total. The minimum absolute atomic E-state index is 0.0429. The zero-order chi connectivity index (χ0) is 29.1. The number of amides is 1. The molecule has 2 heterocycles. The third-order valence-electron chi connectivity index (χ3n) is 5.80. The summed E-state index contributed by atoms with van der Waals surface area (Å²) >= 11 is 13.0. The lowest BCUT2D eigenvalue weighted by Gasteiger charge is -2.06. The van der Waals surface area contributed by atoms with E-state index in [1.54, 1.807) is 66.7 Å². The topological polar surface area (TPSA) is 131 Å². The van der Waals surface area contributed by atoms with Crippen LogP contribution in [0.5, 0.6) is 0 Å². The van der Waals surface area contributed by atoms with Crippen LogP contribution in [0.4, 0.5) is 11.4 Å². The summed E-state index contributed by atoms with van der Waals surface area (Å²) in [5, 5.41) is 24.1. The molecule has 0 radical (unpaired) electrons. The number of rotatable bonds is 6. The van der Waals surface area contributed by atoms with Gasteiger partial charge in [0.05, 0.1) is 15.1 Å². The van der Waals surface area contributed by atoms with E-state index in [4.69, 9.17) is 27.6 Å². The molecular formula is C29H16Cl2N4O5S. The molecule has 0 saturated carbocycles. The molecule has 0 aliphatic carbocycles. The first-order valence-electron chi connectivity index (χ1n) is 11.8. The summed E-state index contributed by atoms with van der Waals surface area (Å²) in [5.74, 6) is -0.0255. The first-order valence-corrected chi connectivity index (χ1v) is 13.4. The van der Waals surface area contributed by atoms with Gasteiger partial charge in [-0.05, 0) is 54.6 Å². The van der Waals surface area contributed by atoms with Crippen molar-refractivity contribution in [1.29, 1.82) is 5.26 Å². The van der Waals surface area contributed by atoms with Crippen molar-refractivity contribution in [2.75, 3.05) is 5.32 Å². The quantitative estimate of drug-likeness (QED) is 0.201. The molecule has 0 atom stereocenters. The second kappa shape index (κ2) is 11.7. The molecule has 1 N–H and O–H groups in total. The van der Waals surface area contributed by atoms with E-state index < -0.39 is 16.4 Å².